The summed E-state index contributed by atoms with van der Waals surface area (Å²) in [7, 11) is 3.20. The van der Waals surface area contributed by atoms with E-state index in [0.717, 1.165) is 6.42 Å². The van der Waals surface area contributed by atoms with Crippen molar-refractivity contribution in [3.05, 3.63) is 35.9 Å². The van der Waals surface area contributed by atoms with E-state index in [4.69, 9.17) is 9.68 Å². The minimum Gasteiger partial charge on any atom is -0.277 e. The summed E-state index contributed by atoms with van der Waals surface area (Å²) in [5.41, 5.74) is 1.28. The third-order valence-electron chi connectivity index (χ3n) is 2.09. The summed E-state index contributed by atoms with van der Waals surface area (Å²) in [4.78, 5) is 10.1. The maximum Gasteiger partial charge on any atom is 0.0640 e. The van der Waals surface area contributed by atoms with Crippen molar-refractivity contribution < 1.29 is 9.68 Å². The lowest BCUT2D eigenvalue weighted by atomic mass is 10.1. The quantitative estimate of drug-likeness (QED) is 0.671. The Hall–Kier alpha value is -0.900. The van der Waals surface area contributed by atoms with E-state index in [-0.39, 0.29) is 6.04 Å². The van der Waals surface area contributed by atoms with Crippen molar-refractivity contribution in [3.63, 3.8) is 0 Å². The minimum absolute atomic E-state index is 0.201. The van der Waals surface area contributed by atoms with E-state index in [2.05, 4.69) is 19.1 Å². The zero-order chi connectivity index (χ0) is 10.4. The second kappa shape index (κ2) is 5.75. The summed E-state index contributed by atoms with van der Waals surface area (Å²) in [6.07, 6.45) is 0.905. The van der Waals surface area contributed by atoms with Gasteiger partial charge in [-0.15, -0.1) is 0 Å². The van der Waals surface area contributed by atoms with Gasteiger partial charge in [0.1, 0.15) is 0 Å². The van der Waals surface area contributed by atoms with Crippen LogP contribution in [0.4, 0.5) is 0 Å². The van der Waals surface area contributed by atoms with E-state index in [1.165, 1.54) is 10.8 Å². The maximum absolute atomic E-state index is 5.04. The Bertz CT molecular complexity index is 247. The predicted molar refractivity (Wildman–Crippen MR) is 55.5 cm³/mol. The van der Waals surface area contributed by atoms with E-state index < -0.39 is 0 Å². The van der Waals surface area contributed by atoms with Gasteiger partial charge in [0, 0.05) is 0 Å². The zero-order valence-electron chi connectivity index (χ0n) is 8.93. The Morgan fingerprint density at radius 3 is 2.21 bits per heavy atom. The van der Waals surface area contributed by atoms with Gasteiger partial charge in [-0.3, -0.25) is 9.68 Å². The maximum atomic E-state index is 5.04. The fourth-order valence-electron chi connectivity index (χ4n) is 1.46. The van der Waals surface area contributed by atoms with Crippen LogP contribution < -0.4 is 0 Å². The largest absolute Gasteiger partial charge is 0.277 e. The summed E-state index contributed by atoms with van der Waals surface area (Å²) >= 11 is 0. The second-order valence-corrected chi connectivity index (χ2v) is 3.19. The van der Waals surface area contributed by atoms with Crippen molar-refractivity contribution in [2.75, 3.05) is 14.2 Å². The van der Waals surface area contributed by atoms with Crippen LogP contribution in [0.2, 0.25) is 0 Å². The molecule has 1 aromatic rings. The Kier molecular flexibility index (Phi) is 4.59. The first-order valence-corrected chi connectivity index (χ1v) is 4.69. The lowest BCUT2D eigenvalue weighted by Crippen LogP contribution is -2.32. The lowest BCUT2D eigenvalue weighted by Gasteiger charge is -2.23. The van der Waals surface area contributed by atoms with Crippen LogP contribution in [-0.4, -0.2) is 25.5 Å². The molecule has 3 heteroatoms. The number of benzene rings is 1. The fraction of sp³-hybridized carbons (Fsp3) is 0.455. The first-order valence-electron chi connectivity index (χ1n) is 4.69. The van der Waals surface area contributed by atoms with E-state index in [1.807, 2.05) is 18.2 Å². The van der Waals surface area contributed by atoms with Gasteiger partial charge in [-0.2, -0.15) is 0 Å². The molecule has 1 rings (SSSR count). The van der Waals surface area contributed by atoms with Gasteiger partial charge >= 0.3 is 0 Å². The molecule has 0 aliphatic carbocycles. The van der Waals surface area contributed by atoms with Crippen LogP contribution in [-0.2, 0) is 16.1 Å². The fourth-order valence-corrected chi connectivity index (χ4v) is 1.46. The molecule has 0 aliphatic rings. The van der Waals surface area contributed by atoms with Crippen LogP contribution in [0.15, 0.2) is 30.3 Å². The highest BCUT2D eigenvalue weighted by Gasteiger charge is 2.12. The zero-order valence-corrected chi connectivity index (χ0v) is 8.93. The summed E-state index contributed by atoms with van der Waals surface area (Å²) in [5.74, 6) is 0. The molecule has 0 saturated heterocycles. The molecular formula is C11H17NO2. The highest BCUT2D eigenvalue weighted by atomic mass is 16.9. The normalized spacial score (nSPS) is 13.1. The number of hydrogen-bond donors (Lipinski definition) is 0. The standard InChI is InChI=1S/C11H17NO2/c1-10(12(13-2)14-3)9-11-7-5-4-6-8-11/h4-8,10H,9H2,1-3H3/t10-/m1/s1. The lowest BCUT2D eigenvalue weighted by molar-refractivity contribution is -0.361. The topological polar surface area (TPSA) is 21.7 Å². The second-order valence-electron chi connectivity index (χ2n) is 3.19. The number of nitrogens with zero attached hydrogens (tertiary/aromatic N) is 1. The van der Waals surface area contributed by atoms with Crippen molar-refractivity contribution in [1.29, 1.82) is 0 Å². The molecule has 0 bridgehead atoms. The van der Waals surface area contributed by atoms with E-state index in [1.54, 1.807) is 14.2 Å². The monoisotopic (exact) mass is 195 g/mol. The molecule has 0 unspecified atom stereocenters. The predicted octanol–water partition coefficient (Wildman–Crippen LogP) is 2.04. The molecule has 0 spiro atoms. The summed E-state index contributed by atoms with van der Waals surface area (Å²) in [6, 6.07) is 10.5. The van der Waals surface area contributed by atoms with E-state index >= 15 is 0 Å². The van der Waals surface area contributed by atoms with Gasteiger partial charge in [0.2, 0.25) is 0 Å². The number of hydrogen-bond acceptors (Lipinski definition) is 3. The van der Waals surface area contributed by atoms with Crippen molar-refractivity contribution in [3.8, 4) is 0 Å². The molecule has 0 fully saturated rings. The Morgan fingerprint density at radius 2 is 1.71 bits per heavy atom. The molecule has 0 amide bonds. The average Bonchev–Trinajstić information content (AvgIpc) is 2.21. The van der Waals surface area contributed by atoms with Crippen LogP contribution >= 0.6 is 0 Å². The molecule has 0 saturated carbocycles. The van der Waals surface area contributed by atoms with Crippen LogP contribution in [0.3, 0.4) is 0 Å². The van der Waals surface area contributed by atoms with Gasteiger partial charge < -0.3 is 0 Å². The molecule has 3 nitrogen and oxygen atoms in total. The third kappa shape index (κ3) is 3.10. The minimum atomic E-state index is 0.201. The highest BCUT2D eigenvalue weighted by molar-refractivity contribution is 5.15. The molecule has 0 aliphatic heterocycles. The van der Waals surface area contributed by atoms with E-state index in [9.17, 15) is 0 Å². The van der Waals surface area contributed by atoms with Crippen molar-refractivity contribution in [2.45, 2.75) is 19.4 Å². The Labute approximate surface area is 85.2 Å². The van der Waals surface area contributed by atoms with Gasteiger partial charge in [0.25, 0.3) is 0 Å². The van der Waals surface area contributed by atoms with Crippen LogP contribution in [0.1, 0.15) is 12.5 Å². The molecule has 0 N–H and O–H groups in total. The molecule has 0 heterocycles. The van der Waals surface area contributed by atoms with Crippen LogP contribution in [0.25, 0.3) is 0 Å². The van der Waals surface area contributed by atoms with Gasteiger partial charge in [0.05, 0.1) is 20.3 Å². The smallest absolute Gasteiger partial charge is 0.0640 e. The van der Waals surface area contributed by atoms with Crippen molar-refractivity contribution >= 4 is 0 Å². The molecule has 0 radical (unpaired) electrons. The Morgan fingerprint density at radius 1 is 1.14 bits per heavy atom. The average molecular weight is 195 g/mol. The first-order chi connectivity index (χ1) is 6.77. The van der Waals surface area contributed by atoms with Crippen molar-refractivity contribution in [1.82, 2.24) is 5.23 Å². The molecule has 0 aromatic heterocycles. The number of hydroxylamine groups is 2. The summed E-state index contributed by atoms with van der Waals surface area (Å²) < 4.78 is 0. The van der Waals surface area contributed by atoms with Crippen molar-refractivity contribution in [2.24, 2.45) is 0 Å². The third-order valence-corrected chi connectivity index (χ3v) is 2.09. The van der Waals surface area contributed by atoms with Crippen LogP contribution in [0, 0.1) is 0 Å². The molecule has 14 heavy (non-hydrogen) atoms. The molecular weight excluding hydrogens is 178 g/mol. The summed E-state index contributed by atoms with van der Waals surface area (Å²) in [6.45, 7) is 2.06. The van der Waals surface area contributed by atoms with Gasteiger partial charge in [-0.25, -0.2) is 0 Å². The van der Waals surface area contributed by atoms with Gasteiger partial charge in [0.15, 0.2) is 0 Å². The number of rotatable bonds is 5. The molecule has 78 valence electrons. The van der Waals surface area contributed by atoms with Gasteiger partial charge in [-0.05, 0) is 18.9 Å². The summed E-state index contributed by atoms with van der Waals surface area (Å²) in [5, 5.41) is 1.49. The SMILES string of the molecule is CON(OC)[C@H](C)Cc1ccccc1. The van der Waals surface area contributed by atoms with E-state index in [0.29, 0.717) is 0 Å². The molecule has 1 atom stereocenters. The van der Waals surface area contributed by atoms with Crippen LogP contribution in [0.5, 0.6) is 0 Å². The molecule has 1 aromatic carbocycles. The Balaban J connectivity index is 2.52. The first kappa shape index (κ1) is 11.2. The highest BCUT2D eigenvalue weighted by Crippen LogP contribution is 2.08. The van der Waals surface area contributed by atoms with Gasteiger partial charge in [-0.1, -0.05) is 35.6 Å².